The Bertz CT molecular complexity index is 1190. The number of nitrogens with zero attached hydrogens (tertiary/aromatic N) is 1. The minimum Gasteiger partial charge on any atom is -0.497 e. The molecule has 0 spiro atoms. The van der Waals surface area contributed by atoms with E-state index in [2.05, 4.69) is 19.7 Å². The normalized spacial score (nSPS) is 11.2. The van der Waals surface area contributed by atoms with E-state index >= 15 is 0 Å². The maximum Gasteiger partial charge on any atom is 0.331 e. The molecule has 0 unspecified atom stereocenters. The zero-order valence-electron chi connectivity index (χ0n) is 16.8. The van der Waals surface area contributed by atoms with Gasteiger partial charge in [-0.3, -0.25) is 9.52 Å². The second kappa shape index (κ2) is 10.3. The molecule has 0 atom stereocenters. The highest BCUT2D eigenvalue weighted by Crippen LogP contribution is 2.20. The van der Waals surface area contributed by atoms with Gasteiger partial charge in [0.15, 0.2) is 12.4 Å². The molecule has 3 aromatic rings. The number of nitrogens with one attached hydrogen (secondary N) is 2. The lowest BCUT2D eigenvalue weighted by Gasteiger charge is -2.09. The lowest BCUT2D eigenvalue weighted by atomic mass is 10.2. The molecule has 11 heteroatoms. The molecule has 0 saturated carbocycles. The number of hydrogen-bond acceptors (Lipinski definition) is 8. The number of carbonyl (C=O) groups excluding carboxylic acids is 2. The van der Waals surface area contributed by atoms with Gasteiger partial charge in [0, 0.05) is 17.8 Å². The third kappa shape index (κ3) is 6.44. The number of carbonyl (C=O) groups is 2. The highest BCUT2D eigenvalue weighted by Gasteiger charge is 2.14. The van der Waals surface area contributed by atoms with Gasteiger partial charge < -0.3 is 19.3 Å². The monoisotopic (exact) mass is 457 g/mol. The van der Waals surface area contributed by atoms with Crippen molar-refractivity contribution in [2.45, 2.75) is 4.90 Å². The molecule has 2 N–H and O–H groups in total. The summed E-state index contributed by atoms with van der Waals surface area (Å²) in [5, 5.41) is 5.88. The van der Waals surface area contributed by atoms with Gasteiger partial charge in [0.1, 0.15) is 12.0 Å². The van der Waals surface area contributed by atoms with E-state index in [0.717, 1.165) is 6.08 Å². The molecule has 1 amide bonds. The van der Waals surface area contributed by atoms with E-state index < -0.39 is 28.5 Å². The topological polar surface area (TPSA) is 137 Å². The van der Waals surface area contributed by atoms with E-state index in [1.54, 1.807) is 24.3 Å². The van der Waals surface area contributed by atoms with Crippen molar-refractivity contribution in [1.82, 2.24) is 5.16 Å². The minimum atomic E-state index is -3.78. The van der Waals surface area contributed by atoms with Crippen LogP contribution in [0, 0.1) is 0 Å². The first kappa shape index (κ1) is 22.6. The van der Waals surface area contributed by atoms with Crippen LogP contribution in [0.3, 0.4) is 0 Å². The van der Waals surface area contributed by atoms with Gasteiger partial charge in [-0.1, -0.05) is 17.3 Å². The molecule has 0 saturated heterocycles. The zero-order valence-corrected chi connectivity index (χ0v) is 17.7. The summed E-state index contributed by atoms with van der Waals surface area (Å²) in [4.78, 5) is 23.4. The van der Waals surface area contributed by atoms with Crippen LogP contribution < -0.4 is 14.8 Å². The molecule has 1 aromatic heterocycles. The van der Waals surface area contributed by atoms with Crippen LogP contribution in [0.5, 0.6) is 5.75 Å². The summed E-state index contributed by atoms with van der Waals surface area (Å²) in [5.41, 5.74) is 0.961. The minimum absolute atomic E-state index is 0.0533. The fourth-order valence-electron chi connectivity index (χ4n) is 2.44. The number of anilines is 2. The smallest absolute Gasteiger partial charge is 0.331 e. The summed E-state index contributed by atoms with van der Waals surface area (Å²) in [6.07, 6.45) is 3.85. The molecule has 0 bridgehead atoms. The van der Waals surface area contributed by atoms with E-state index in [0.29, 0.717) is 17.0 Å². The van der Waals surface area contributed by atoms with Crippen molar-refractivity contribution in [3.05, 3.63) is 72.5 Å². The second-order valence-electron chi connectivity index (χ2n) is 6.28. The quantitative estimate of drug-likeness (QED) is 0.370. The van der Waals surface area contributed by atoms with E-state index in [1.165, 1.54) is 49.8 Å². The number of esters is 1. The Morgan fingerprint density at radius 3 is 2.41 bits per heavy atom. The maximum atomic E-state index is 12.5. The molecule has 0 aliphatic rings. The van der Waals surface area contributed by atoms with Crippen LogP contribution in [0.4, 0.5) is 11.5 Å². The molecular formula is C21H19N3O7S. The fraction of sp³-hybridized carbons (Fsp3) is 0.0952. The van der Waals surface area contributed by atoms with Gasteiger partial charge in [-0.2, -0.15) is 0 Å². The van der Waals surface area contributed by atoms with Crippen molar-refractivity contribution in [2.24, 2.45) is 0 Å². The first-order chi connectivity index (χ1) is 15.4. The molecule has 166 valence electrons. The Hall–Kier alpha value is -4.12. The standard InChI is InChI=1S/C21H19N3O7S/c1-29-17-7-5-16(6-8-17)24-32(27,28)18-9-2-15(3-10-18)4-11-21(26)30-14-20(25)22-19-12-13-31-23-19/h2-13,24H,14H2,1H3,(H,22,23,25)/b11-4+. The van der Waals surface area contributed by atoms with Crippen molar-refractivity contribution in [1.29, 1.82) is 0 Å². The highest BCUT2D eigenvalue weighted by atomic mass is 32.2. The molecule has 10 nitrogen and oxygen atoms in total. The van der Waals surface area contributed by atoms with Crippen LogP contribution in [-0.2, 0) is 24.3 Å². The van der Waals surface area contributed by atoms with Crippen molar-refractivity contribution in [3.63, 3.8) is 0 Å². The third-order valence-corrected chi connectivity index (χ3v) is 5.39. The first-order valence-electron chi connectivity index (χ1n) is 9.18. The van der Waals surface area contributed by atoms with Crippen LogP contribution >= 0.6 is 0 Å². The van der Waals surface area contributed by atoms with Crippen LogP contribution in [-0.4, -0.2) is 39.2 Å². The summed E-state index contributed by atoms with van der Waals surface area (Å²) in [6.45, 7) is -0.496. The maximum absolute atomic E-state index is 12.5. The van der Waals surface area contributed by atoms with E-state index in [4.69, 9.17) is 9.47 Å². The number of hydrogen-bond donors (Lipinski definition) is 2. The van der Waals surface area contributed by atoms with Crippen LogP contribution in [0.15, 0.2) is 76.4 Å². The van der Waals surface area contributed by atoms with Crippen LogP contribution in [0.25, 0.3) is 6.08 Å². The Labute approximate surface area is 183 Å². The number of amides is 1. The molecule has 0 fully saturated rings. The summed E-state index contributed by atoms with van der Waals surface area (Å²) in [7, 11) is -2.26. The molecule has 32 heavy (non-hydrogen) atoms. The molecule has 2 aromatic carbocycles. The SMILES string of the molecule is COc1ccc(NS(=O)(=O)c2ccc(/C=C/C(=O)OCC(=O)Nc3ccon3)cc2)cc1. The molecular weight excluding hydrogens is 438 g/mol. The average Bonchev–Trinajstić information content (AvgIpc) is 3.30. The molecule has 1 heterocycles. The van der Waals surface area contributed by atoms with Crippen molar-refractivity contribution in [2.75, 3.05) is 23.8 Å². The Balaban J connectivity index is 1.53. The van der Waals surface area contributed by atoms with Crippen LogP contribution in [0.1, 0.15) is 5.56 Å². The third-order valence-electron chi connectivity index (χ3n) is 4.00. The number of rotatable bonds is 9. The van der Waals surface area contributed by atoms with Gasteiger partial charge in [0.2, 0.25) is 0 Å². The summed E-state index contributed by atoms with van der Waals surface area (Å²) in [6, 6.07) is 13.8. The lowest BCUT2D eigenvalue weighted by Crippen LogP contribution is -2.20. The van der Waals surface area contributed by atoms with Gasteiger partial charge in [-0.05, 0) is 48.0 Å². The Kier molecular flexibility index (Phi) is 7.24. The largest absolute Gasteiger partial charge is 0.497 e. The number of sulfonamides is 1. The first-order valence-corrected chi connectivity index (χ1v) is 10.7. The van der Waals surface area contributed by atoms with Gasteiger partial charge >= 0.3 is 5.97 Å². The fourth-order valence-corrected chi connectivity index (χ4v) is 3.49. The number of aromatic nitrogens is 1. The zero-order chi connectivity index (χ0) is 23.0. The van der Waals surface area contributed by atoms with Crippen molar-refractivity contribution >= 4 is 39.5 Å². The number of methoxy groups -OCH3 is 1. The van der Waals surface area contributed by atoms with E-state index in [1.807, 2.05) is 0 Å². The van der Waals surface area contributed by atoms with E-state index in [9.17, 15) is 18.0 Å². The molecule has 3 rings (SSSR count). The molecule has 0 aliphatic carbocycles. The summed E-state index contributed by atoms with van der Waals surface area (Å²) >= 11 is 0. The summed E-state index contributed by atoms with van der Waals surface area (Å²) < 4.78 is 41.9. The van der Waals surface area contributed by atoms with Crippen molar-refractivity contribution < 1.29 is 32.0 Å². The lowest BCUT2D eigenvalue weighted by molar-refractivity contribution is -0.142. The number of ether oxygens (including phenoxy) is 2. The average molecular weight is 457 g/mol. The van der Waals surface area contributed by atoms with E-state index in [-0.39, 0.29) is 10.7 Å². The van der Waals surface area contributed by atoms with Gasteiger partial charge in [0.25, 0.3) is 15.9 Å². The van der Waals surface area contributed by atoms with Crippen molar-refractivity contribution in [3.8, 4) is 5.75 Å². The Morgan fingerprint density at radius 1 is 1.06 bits per heavy atom. The predicted molar refractivity (Wildman–Crippen MR) is 115 cm³/mol. The Morgan fingerprint density at radius 2 is 1.78 bits per heavy atom. The predicted octanol–water partition coefficient (Wildman–Crippen LogP) is 2.68. The highest BCUT2D eigenvalue weighted by molar-refractivity contribution is 7.92. The number of benzene rings is 2. The molecule has 0 radical (unpaired) electrons. The van der Waals surface area contributed by atoms with Gasteiger partial charge in [0.05, 0.1) is 12.0 Å². The molecule has 0 aliphatic heterocycles. The van der Waals surface area contributed by atoms with Gasteiger partial charge in [-0.15, -0.1) is 0 Å². The van der Waals surface area contributed by atoms with Gasteiger partial charge in [-0.25, -0.2) is 13.2 Å². The second-order valence-corrected chi connectivity index (χ2v) is 7.96. The van der Waals surface area contributed by atoms with Crippen LogP contribution in [0.2, 0.25) is 0 Å². The summed E-state index contributed by atoms with van der Waals surface area (Å²) in [5.74, 6) is -0.492.